The van der Waals surface area contributed by atoms with Crippen LogP contribution in [0.5, 0.6) is 0 Å². The van der Waals surface area contributed by atoms with Crippen molar-refractivity contribution in [2.24, 2.45) is 5.92 Å². The van der Waals surface area contributed by atoms with Crippen molar-refractivity contribution < 1.29 is 32.3 Å². The molecule has 0 saturated carbocycles. The van der Waals surface area contributed by atoms with Crippen molar-refractivity contribution in [3.8, 4) is 0 Å². The fourth-order valence-corrected chi connectivity index (χ4v) is 6.91. The Labute approximate surface area is 241 Å². The van der Waals surface area contributed by atoms with Gasteiger partial charge in [0.25, 0.3) is 5.91 Å². The van der Waals surface area contributed by atoms with Crippen molar-refractivity contribution in [3.05, 3.63) is 102 Å². The number of carbonyl (C=O) groups excluding carboxylic acids is 2. The Morgan fingerprint density at radius 1 is 0.951 bits per heavy atom. The molecular formula is C32H37N2O6S+. The van der Waals surface area contributed by atoms with Gasteiger partial charge in [0.2, 0.25) is 5.60 Å². The number of quaternary nitrogens is 1. The third kappa shape index (κ3) is 6.22. The molecule has 9 heteroatoms. The molecule has 1 amide bonds. The minimum Gasteiger partial charge on any atom is -0.453 e. The fourth-order valence-electron chi connectivity index (χ4n) is 6.24. The molecule has 3 aromatic rings. The Kier molecular flexibility index (Phi) is 8.31. The highest BCUT2D eigenvalue weighted by molar-refractivity contribution is 7.90. The van der Waals surface area contributed by atoms with Gasteiger partial charge in [-0.15, -0.1) is 0 Å². The number of esters is 1. The first-order chi connectivity index (χ1) is 19.6. The van der Waals surface area contributed by atoms with E-state index in [9.17, 15) is 23.1 Å². The summed E-state index contributed by atoms with van der Waals surface area (Å²) in [5.74, 6) is -0.701. The molecule has 2 bridgehead atoms. The average molecular weight is 578 g/mol. The number of aliphatic hydroxyl groups is 1. The second-order valence-electron chi connectivity index (χ2n) is 11.3. The highest BCUT2D eigenvalue weighted by Crippen LogP contribution is 2.38. The Bertz CT molecular complexity index is 1450. The van der Waals surface area contributed by atoms with Gasteiger partial charge in [-0.3, -0.25) is 4.79 Å². The van der Waals surface area contributed by atoms with Gasteiger partial charge in [-0.05, 0) is 29.3 Å². The van der Waals surface area contributed by atoms with Crippen LogP contribution in [0, 0.1) is 5.92 Å². The van der Waals surface area contributed by atoms with E-state index >= 15 is 0 Å². The van der Waals surface area contributed by atoms with Gasteiger partial charge in [0.05, 0.1) is 24.5 Å². The van der Waals surface area contributed by atoms with Crippen molar-refractivity contribution in [1.82, 2.24) is 5.32 Å². The summed E-state index contributed by atoms with van der Waals surface area (Å²) in [6.07, 6.45) is 3.45. The quantitative estimate of drug-likeness (QED) is 0.217. The van der Waals surface area contributed by atoms with E-state index in [0.29, 0.717) is 29.8 Å². The number of rotatable bonds is 10. The Hall–Kier alpha value is -3.53. The number of hydrogen-bond acceptors (Lipinski definition) is 6. The topological polar surface area (TPSA) is 110 Å². The first kappa shape index (κ1) is 29.0. The van der Waals surface area contributed by atoms with Gasteiger partial charge in [-0.2, -0.15) is 0 Å². The smallest absolute Gasteiger partial charge is 0.348 e. The van der Waals surface area contributed by atoms with Crippen LogP contribution in [0.1, 0.15) is 40.7 Å². The van der Waals surface area contributed by atoms with Gasteiger partial charge in [0.15, 0.2) is 15.9 Å². The van der Waals surface area contributed by atoms with Gasteiger partial charge in [-0.25, -0.2) is 13.2 Å². The van der Waals surface area contributed by atoms with Crippen LogP contribution in [0.2, 0.25) is 0 Å². The zero-order chi connectivity index (χ0) is 29.1. The second kappa shape index (κ2) is 11.8. The zero-order valence-corrected chi connectivity index (χ0v) is 24.1. The molecule has 0 aliphatic carbocycles. The maximum absolute atomic E-state index is 13.7. The first-order valence-electron chi connectivity index (χ1n) is 14.1. The van der Waals surface area contributed by atoms with Crippen LogP contribution in [0.3, 0.4) is 0 Å². The summed E-state index contributed by atoms with van der Waals surface area (Å²) in [7, 11) is -3.39. The highest BCUT2D eigenvalue weighted by Gasteiger charge is 2.50. The molecule has 3 aliphatic heterocycles. The molecule has 0 spiro atoms. The van der Waals surface area contributed by atoms with Crippen LogP contribution in [0.15, 0.2) is 89.8 Å². The third-order valence-electron chi connectivity index (χ3n) is 8.60. The molecule has 0 radical (unpaired) electrons. The largest absolute Gasteiger partial charge is 0.453 e. The number of amides is 1. The molecule has 8 nitrogen and oxygen atoms in total. The predicted molar refractivity (Wildman–Crippen MR) is 155 cm³/mol. The minimum atomic E-state index is -3.39. The lowest BCUT2D eigenvalue weighted by atomic mass is 9.82. The van der Waals surface area contributed by atoms with E-state index in [-0.39, 0.29) is 22.8 Å². The normalized spacial score (nSPS) is 22.2. The highest BCUT2D eigenvalue weighted by atomic mass is 32.2. The number of nitrogens with one attached hydrogen (secondary N) is 1. The molecule has 3 aliphatic rings. The van der Waals surface area contributed by atoms with Crippen LogP contribution < -0.4 is 5.32 Å². The molecule has 0 aromatic heterocycles. The van der Waals surface area contributed by atoms with Crippen molar-refractivity contribution in [2.45, 2.75) is 35.9 Å². The molecule has 3 saturated heterocycles. The predicted octanol–water partition coefficient (Wildman–Crippen LogP) is 3.30. The number of benzene rings is 3. The number of ether oxygens (including phenoxy) is 1. The van der Waals surface area contributed by atoms with Crippen molar-refractivity contribution in [1.29, 1.82) is 0 Å². The Balaban J connectivity index is 1.22. The van der Waals surface area contributed by atoms with Gasteiger partial charge < -0.3 is 19.6 Å². The van der Waals surface area contributed by atoms with E-state index in [1.807, 2.05) is 12.1 Å². The van der Waals surface area contributed by atoms with Gasteiger partial charge in [0.1, 0.15) is 6.54 Å². The average Bonchev–Trinajstić information content (AvgIpc) is 3.00. The molecule has 216 valence electrons. The molecule has 41 heavy (non-hydrogen) atoms. The number of fused-ring (bicyclic) bond motifs is 3. The lowest BCUT2D eigenvalue weighted by molar-refractivity contribution is -0.946. The van der Waals surface area contributed by atoms with E-state index in [0.717, 1.165) is 49.6 Å². The third-order valence-corrected chi connectivity index (χ3v) is 9.71. The molecule has 3 heterocycles. The number of sulfone groups is 1. The van der Waals surface area contributed by atoms with E-state index in [1.54, 1.807) is 60.7 Å². The monoisotopic (exact) mass is 577 g/mol. The number of nitrogens with zero attached hydrogens (tertiary/aromatic N) is 1. The standard InChI is InChI=1S/C32H36N2O6S/c1-41(38,39)28-15-8-10-25(22-28)30(35)33-18-9-19-34-20-16-24(17-21-34)29(23-34)40-31(36)32(37,26-11-4-2-5-12-26)27-13-6-3-7-14-27/h2-8,10-15,22,24,29,37H,9,16-21,23H2,1H3/p+1. The summed E-state index contributed by atoms with van der Waals surface area (Å²) in [4.78, 5) is 26.5. The zero-order valence-electron chi connectivity index (χ0n) is 23.2. The van der Waals surface area contributed by atoms with Crippen molar-refractivity contribution in [3.63, 3.8) is 0 Å². The maximum atomic E-state index is 13.7. The fraction of sp³-hybridized carbons (Fsp3) is 0.375. The van der Waals surface area contributed by atoms with Crippen molar-refractivity contribution in [2.75, 3.05) is 39.0 Å². The summed E-state index contributed by atoms with van der Waals surface area (Å²) in [6, 6.07) is 23.9. The van der Waals surface area contributed by atoms with Crippen LogP contribution in [0.25, 0.3) is 0 Å². The van der Waals surface area contributed by atoms with E-state index in [1.165, 1.54) is 12.1 Å². The van der Waals surface area contributed by atoms with Crippen LogP contribution in [-0.4, -0.2) is 75.0 Å². The van der Waals surface area contributed by atoms with E-state index in [2.05, 4.69) is 5.32 Å². The number of carbonyl (C=O) groups is 2. The van der Waals surface area contributed by atoms with Crippen LogP contribution in [0.4, 0.5) is 0 Å². The lowest BCUT2D eigenvalue weighted by Crippen LogP contribution is -2.65. The van der Waals surface area contributed by atoms with E-state index in [4.69, 9.17) is 4.74 Å². The number of hydrogen-bond donors (Lipinski definition) is 2. The van der Waals surface area contributed by atoms with Crippen LogP contribution in [-0.2, 0) is 25.0 Å². The molecule has 3 aromatic carbocycles. The van der Waals surface area contributed by atoms with E-state index < -0.39 is 21.4 Å². The van der Waals surface area contributed by atoms with Gasteiger partial charge in [-0.1, -0.05) is 66.7 Å². The molecule has 2 N–H and O–H groups in total. The second-order valence-corrected chi connectivity index (χ2v) is 13.3. The summed E-state index contributed by atoms with van der Waals surface area (Å²) in [5, 5.41) is 14.7. The SMILES string of the molecule is CS(=O)(=O)c1cccc(C(=O)NCCC[N+]23CCC(CC2)C(OC(=O)C(O)(c2ccccc2)c2ccccc2)C3)c1. The first-order valence-corrected chi connectivity index (χ1v) is 16.0. The molecule has 3 fully saturated rings. The molecular weight excluding hydrogens is 540 g/mol. The van der Waals surface area contributed by atoms with Crippen molar-refractivity contribution >= 4 is 21.7 Å². The molecule has 1 atom stereocenters. The van der Waals surface area contributed by atoms with Gasteiger partial charge >= 0.3 is 5.97 Å². The van der Waals surface area contributed by atoms with Gasteiger partial charge in [0, 0.05) is 43.5 Å². The summed E-state index contributed by atoms with van der Waals surface area (Å²) in [6.45, 7) is 3.94. The summed E-state index contributed by atoms with van der Waals surface area (Å²) in [5.41, 5.74) is -0.647. The minimum absolute atomic E-state index is 0.117. The molecule has 6 rings (SSSR count). The summed E-state index contributed by atoms with van der Waals surface area (Å²) >= 11 is 0. The summed E-state index contributed by atoms with van der Waals surface area (Å²) < 4.78 is 30.6. The lowest BCUT2D eigenvalue weighted by Gasteiger charge is -2.52. The Morgan fingerprint density at radius 2 is 1.56 bits per heavy atom. The Morgan fingerprint density at radius 3 is 2.15 bits per heavy atom. The molecule has 1 unspecified atom stereocenters. The maximum Gasteiger partial charge on any atom is 0.348 e. The number of piperidine rings is 3. The van der Waals surface area contributed by atoms with Crippen LogP contribution >= 0.6 is 0 Å².